The Balaban J connectivity index is 1.56. The molecular weight excluding hydrogens is 1330 g/mol. The first-order valence-electron chi connectivity index (χ1n) is 46.2. The molecule has 0 aromatic heterocycles. The van der Waals surface area contributed by atoms with Crippen LogP contribution in [0.2, 0.25) is 0 Å². The van der Waals surface area contributed by atoms with Gasteiger partial charge in [0.1, 0.15) is 48.8 Å². The lowest BCUT2D eigenvalue weighted by molar-refractivity contribution is -0.359. The van der Waals surface area contributed by atoms with Crippen LogP contribution in [0.3, 0.4) is 0 Å². The number of allylic oxidation sites excluding steroid dienone is 5. The molecule has 0 aromatic rings. The Kier molecular flexibility index (Phi) is 71.8. The summed E-state index contributed by atoms with van der Waals surface area (Å²) in [6.07, 6.45) is 85.8. The lowest BCUT2D eigenvalue weighted by Crippen LogP contribution is -2.65. The Bertz CT molecular complexity index is 1920. The molecule has 0 radical (unpaired) electrons. The maximum absolute atomic E-state index is 13.4. The zero-order valence-electron chi connectivity index (χ0n) is 69.2. The zero-order chi connectivity index (χ0) is 76.5. The maximum Gasteiger partial charge on any atom is 0.220 e. The predicted octanol–water partition coefficient (Wildman–Crippen LogP) is 22.7. The highest BCUT2D eigenvalue weighted by atomic mass is 16.7. The van der Waals surface area contributed by atoms with E-state index in [1.54, 1.807) is 6.08 Å². The third-order valence-electron chi connectivity index (χ3n) is 22.8. The van der Waals surface area contributed by atoms with Crippen molar-refractivity contribution in [2.24, 2.45) is 0 Å². The van der Waals surface area contributed by atoms with Crippen LogP contribution in [-0.2, 0) is 23.7 Å². The fourth-order valence-electron chi connectivity index (χ4n) is 15.6. The molecule has 2 aliphatic rings. The summed E-state index contributed by atoms with van der Waals surface area (Å²) >= 11 is 0. The van der Waals surface area contributed by atoms with E-state index in [9.17, 15) is 45.6 Å². The third-order valence-corrected chi connectivity index (χ3v) is 22.8. The average molecular weight is 1500 g/mol. The van der Waals surface area contributed by atoms with E-state index in [1.165, 1.54) is 372 Å². The summed E-state index contributed by atoms with van der Waals surface area (Å²) in [4.78, 5) is 13.4. The SMILES string of the molecule is CCCCCCCCCCCCCCCCCCCCCCCCC/C=C/CC/C=C/CC/C=C/C(O)C(COC1OC(CO)C(OC2OC(CO)C(O)C(O)C2O)C(O)C1O)NC(=O)CCCCCCCCCCCCCCCCCCCCCCCCCCCCCCCCCCCCCCCCC. The van der Waals surface area contributed by atoms with Crippen molar-refractivity contribution >= 4 is 5.91 Å². The molecule has 2 heterocycles. The summed E-state index contributed by atoms with van der Waals surface area (Å²) in [6.45, 7) is 2.86. The van der Waals surface area contributed by atoms with E-state index in [1.807, 2.05) is 6.08 Å². The number of carbonyl (C=O) groups is 1. The van der Waals surface area contributed by atoms with Crippen molar-refractivity contribution in [2.75, 3.05) is 19.8 Å². The third kappa shape index (κ3) is 57.3. The molecule has 626 valence electrons. The first-order chi connectivity index (χ1) is 52.1. The van der Waals surface area contributed by atoms with E-state index >= 15 is 0 Å². The van der Waals surface area contributed by atoms with Gasteiger partial charge in [0, 0.05) is 6.42 Å². The number of ether oxygens (including phenoxy) is 4. The predicted molar refractivity (Wildman–Crippen MR) is 443 cm³/mol. The summed E-state index contributed by atoms with van der Waals surface area (Å²) in [5, 5.41) is 87.8. The van der Waals surface area contributed by atoms with Crippen molar-refractivity contribution in [3.05, 3.63) is 36.5 Å². The lowest BCUT2D eigenvalue weighted by atomic mass is 9.97. The molecule has 2 rings (SSSR count). The quantitative estimate of drug-likeness (QED) is 0.0204. The van der Waals surface area contributed by atoms with Crippen molar-refractivity contribution in [3.8, 4) is 0 Å². The van der Waals surface area contributed by atoms with Crippen LogP contribution in [-0.4, -0.2) is 140 Å². The molecule has 0 aromatic carbocycles. The van der Waals surface area contributed by atoms with Gasteiger partial charge in [-0.1, -0.05) is 436 Å². The van der Waals surface area contributed by atoms with Gasteiger partial charge in [0.15, 0.2) is 12.6 Å². The van der Waals surface area contributed by atoms with Crippen LogP contribution in [0.25, 0.3) is 0 Å². The van der Waals surface area contributed by atoms with Crippen LogP contribution in [0.5, 0.6) is 0 Å². The highest BCUT2D eigenvalue weighted by molar-refractivity contribution is 5.76. The largest absolute Gasteiger partial charge is 0.394 e. The van der Waals surface area contributed by atoms with Crippen LogP contribution >= 0.6 is 0 Å². The molecule has 2 fully saturated rings. The second-order valence-corrected chi connectivity index (χ2v) is 32.8. The topological polar surface area (TPSA) is 228 Å². The Morgan fingerprint density at radius 3 is 0.925 bits per heavy atom. The minimum Gasteiger partial charge on any atom is -0.394 e. The number of aliphatic hydroxyl groups is 8. The molecule has 14 heteroatoms. The molecule has 1 amide bonds. The van der Waals surface area contributed by atoms with Gasteiger partial charge in [-0.15, -0.1) is 0 Å². The Morgan fingerprint density at radius 1 is 0.330 bits per heavy atom. The van der Waals surface area contributed by atoms with E-state index in [0.717, 1.165) is 44.9 Å². The average Bonchev–Trinajstić information content (AvgIpc) is 0.789. The van der Waals surface area contributed by atoms with Crippen LogP contribution in [0.1, 0.15) is 450 Å². The molecule has 0 aliphatic carbocycles. The Hall–Kier alpha value is -1.79. The lowest BCUT2D eigenvalue weighted by Gasteiger charge is -2.46. The van der Waals surface area contributed by atoms with Gasteiger partial charge < -0.3 is 65.1 Å². The number of hydrogen-bond acceptors (Lipinski definition) is 13. The minimum atomic E-state index is -1.79. The van der Waals surface area contributed by atoms with Crippen LogP contribution in [0.4, 0.5) is 0 Å². The van der Waals surface area contributed by atoms with E-state index in [0.29, 0.717) is 12.8 Å². The van der Waals surface area contributed by atoms with Gasteiger partial charge >= 0.3 is 0 Å². The normalized spacial score (nSPS) is 21.4. The van der Waals surface area contributed by atoms with E-state index in [2.05, 4.69) is 43.5 Å². The standard InChI is InChI=1S/C92H175NO13/c1-3-5-7-9-11-13-15-17-19-21-23-25-27-29-31-33-35-37-38-39-40-41-42-44-46-48-50-52-54-56-58-60-62-64-66-68-70-72-74-76-84(97)93-80(79-103-91-89(102)87(100)90(83(78-95)105-91)106-92-88(101)86(99)85(98)82(77-94)104-92)81(96)75-73-71-69-67-65-63-61-59-57-55-53-51-49-47-45-43-36-34-32-30-28-26-24-22-20-18-16-14-12-10-8-6-4-2/h57,59,65,67,73,75,80-83,85-92,94-96,98-102H,3-56,58,60-64,66,68-72,74,76-79H2,1-2H3,(H,93,97)/b59-57+,67-65+,75-73+. The molecule has 0 spiro atoms. The molecule has 14 nitrogen and oxygen atoms in total. The van der Waals surface area contributed by atoms with Gasteiger partial charge in [-0.05, 0) is 44.9 Å². The van der Waals surface area contributed by atoms with Gasteiger partial charge in [0.25, 0.3) is 0 Å². The van der Waals surface area contributed by atoms with Crippen LogP contribution in [0, 0.1) is 0 Å². The first kappa shape index (κ1) is 100. The molecule has 9 N–H and O–H groups in total. The molecule has 0 saturated carbocycles. The smallest absolute Gasteiger partial charge is 0.220 e. The summed E-state index contributed by atoms with van der Waals surface area (Å²) in [5.74, 6) is -0.243. The molecule has 12 atom stereocenters. The number of unbranched alkanes of at least 4 members (excludes halogenated alkanes) is 63. The van der Waals surface area contributed by atoms with Crippen molar-refractivity contribution in [2.45, 2.75) is 524 Å². The second kappa shape index (κ2) is 75.9. The van der Waals surface area contributed by atoms with Gasteiger partial charge in [-0.25, -0.2) is 0 Å². The van der Waals surface area contributed by atoms with Crippen molar-refractivity contribution in [3.63, 3.8) is 0 Å². The van der Waals surface area contributed by atoms with Gasteiger partial charge in [-0.3, -0.25) is 4.79 Å². The second-order valence-electron chi connectivity index (χ2n) is 32.8. The minimum absolute atomic E-state index is 0.243. The fraction of sp³-hybridized carbons (Fsp3) is 0.924. The fourth-order valence-corrected chi connectivity index (χ4v) is 15.6. The first-order valence-corrected chi connectivity index (χ1v) is 46.2. The number of amides is 1. The van der Waals surface area contributed by atoms with Crippen molar-refractivity contribution < 1.29 is 64.6 Å². The highest BCUT2D eigenvalue weighted by Crippen LogP contribution is 2.31. The summed E-state index contributed by atoms with van der Waals surface area (Å²) < 4.78 is 22.9. The molecule has 106 heavy (non-hydrogen) atoms. The van der Waals surface area contributed by atoms with Gasteiger partial charge in [0.2, 0.25) is 5.91 Å². The monoisotopic (exact) mass is 1500 g/mol. The number of hydrogen-bond donors (Lipinski definition) is 9. The number of aliphatic hydroxyl groups excluding tert-OH is 8. The maximum atomic E-state index is 13.4. The highest BCUT2D eigenvalue weighted by Gasteiger charge is 2.51. The molecule has 2 aliphatic heterocycles. The molecule has 12 unspecified atom stereocenters. The molecule has 0 bridgehead atoms. The number of nitrogens with one attached hydrogen (secondary N) is 1. The van der Waals surface area contributed by atoms with E-state index in [4.69, 9.17) is 18.9 Å². The van der Waals surface area contributed by atoms with E-state index < -0.39 is 86.8 Å². The number of carbonyl (C=O) groups excluding carboxylic acids is 1. The van der Waals surface area contributed by atoms with Crippen LogP contribution < -0.4 is 5.32 Å². The summed E-state index contributed by atoms with van der Waals surface area (Å²) in [5.41, 5.74) is 0. The Labute approximate surface area is 652 Å². The Morgan fingerprint density at radius 2 is 0.604 bits per heavy atom. The number of rotatable bonds is 80. The van der Waals surface area contributed by atoms with E-state index in [-0.39, 0.29) is 18.9 Å². The van der Waals surface area contributed by atoms with Crippen molar-refractivity contribution in [1.82, 2.24) is 5.32 Å². The molecule has 2 saturated heterocycles. The van der Waals surface area contributed by atoms with Crippen molar-refractivity contribution in [1.29, 1.82) is 0 Å². The molecular formula is C92H175NO13. The van der Waals surface area contributed by atoms with Gasteiger partial charge in [0.05, 0.1) is 32.0 Å². The van der Waals surface area contributed by atoms with Crippen LogP contribution in [0.15, 0.2) is 36.5 Å². The van der Waals surface area contributed by atoms with Gasteiger partial charge in [-0.2, -0.15) is 0 Å². The summed E-state index contributed by atoms with van der Waals surface area (Å²) in [6, 6.07) is -0.939. The summed E-state index contributed by atoms with van der Waals surface area (Å²) in [7, 11) is 0. The zero-order valence-corrected chi connectivity index (χ0v) is 69.2.